The van der Waals surface area contributed by atoms with E-state index in [1.54, 1.807) is 6.92 Å². The van der Waals surface area contributed by atoms with Crippen LogP contribution in [0.5, 0.6) is 0 Å². The monoisotopic (exact) mass is 246 g/mol. The van der Waals surface area contributed by atoms with Crippen LogP contribution in [0.25, 0.3) is 0 Å². The van der Waals surface area contributed by atoms with Crippen LogP contribution in [0.1, 0.15) is 33.6 Å². The molecule has 0 aromatic carbocycles. The van der Waals surface area contributed by atoms with Crippen LogP contribution in [0.3, 0.4) is 0 Å². The first kappa shape index (κ1) is 15.5. The Labute approximate surface area is 98.6 Å². The van der Waals surface area contributed by atoms with E-state index in [1.807, 2.05) is 6.92 Å². The SMILES string of the molecule is CCC[Si](OC)(OC)C(C(C)=O)C(=O)CC. The van der Waals surface area contributed by atoms with E-state index in [1.165, 1.54) is 21.1 Å². The maximum absolute atomic E-state index is 11.8. The van der Waals surface area contributed by atoms with Gasteiger partial charge < -0.3 is 8.85 Å². The fraction of sp³-hybridized carbons (Fsp3) is 0.818. The Balaban J connectivity index is 5.23. The molecule has 0 fully saturated rings. The van der Waals surface area contributed by atoms with Crippen molar-refractivity contribution < 1.29 is 18.4 Å². The largest absolute Gasteiger partial charge is 0.397 e. The van der Waals surface area contributed by atoms with Crippen LogP contribution in [0.15, 0.2) is 0 Å². The van der Waals surface area contributed by atoms with Crippen LogP contribution in [-0.2, 0) is 18.4 Å². The molecule has 1 atom stereocenters. The van der Waals surface area contributed by atoms with Crippen LogP contribution in [0.2, 0.25) is 11.6 Å². The lowest BCUT2D eigenvalue weighted by Gasteiger charge is -2.32. The second kappa shape index (κ2) is 6.93. The number of rotatable bonds is 8. The van der Waals surface area contributed by atoms with Gasteiger partial charge in [-0.05, 0) is 13.0 Å². The molecule has 0 aromatic rings. The minimum Gasteiger partial charge on any atom is -0.397 e. The summed E-state index contributed by atoms with van der Waals surface area (Å²) in [5, 5.41) is 0. The summed E-state index contributed by atoms with van der Waals surface area (Å²) in [6.07, 6.45) is 1.18. The van der Waals surface area contributed by atoms with E-state index in [2.05, 4.69) is 0 Å². The van der Waals surface area contributed by atoms with Crippen LogP contribution >= 0.6 is 0 Å². The summed E-state index contributed by atoms with van der Waals surface area (Å²) < 4.78 is 10.9. The summed E-state index contributed by atoms with van der Waals surface area (Å²) in [7, 11) is 0.345. The van der Waals surface area contributed by atoms with E-state index >= 15 is 0 Å². The molecule has 0 spiro atoms. The molecule has 1 unspecified atom stereocenters. The molecule has 0 saturated heterocycles. The first-order valence-electron chi connectivity index (χ1n) is 5.62. The normalized spacial score (nSPS) is 13.6. The second-order valence-corrected chi connectivity index (χ2v) is 7.35. The predicted octanol–water partition coefficient (Wildman–Crippen LogP) is 2.07. The van der Waals surface area contributed by atoms with Crippen LogP contribution in [0, 0.1) is 0 Å². The highest BCUT2D eigenvalue weighted by Crippen LogP contribution is 2.31. The second-order valence-electron chi connectivity index (χ2n) is 3.83. The molecule has 5 heteroatoms. The smallest absolute Gasteiger partial charge is 0.356 e. The van der Waals surface area contributed by atoms with Crippen LogP contribution in [-0.4, -0.2) is 34.3 Å². The van der Waals surface area contributed by atoms with Gasteiger partial charge in [-0.25, -0.2) is 0 Å². The van der Waals surface area contributed by atoms with Gasteiger partial charge in [-0.1, -0.05) is 20.3 Å². The van der Waals surface area contributed by atoms with Gasteiger partial charge in [0, 0.05) is 20.6 Å². The summed E-state index contributed by atoms with van der Waals surface area (Å²) in [6, 6.07) is 0.663. The van der Waals surface area contributed by atoms with Gasteiger partial charge in [0.1, 0.15) is 17.1 Å². The van der Waals surface area contributed by atoms with E-state index in [-0.39, 0.29) is 11.6 Å². The van der Waals surface area contributed by atoms with Gasteiger partial charge in [0.15, 0.2) is 0 Å². The Kier molecular flexibility index (Phi) is 6.70. The van der Waals surface area contributed by atoms with Crippen LogP contribution < -0.4 is 0 Å². The Morgan fingerprint density at radius 1 is 1.19 bits per heavy atom. The fourth-order valence-electron chi connectivity index (χ4n) is 2.00. The molecule has 0 saturated carbocycles. The maximum Gasteiger partial charge on any atom is 0.356 e. The predicted molar refractivity (Wildman–Crippen MR) is 64.6 cm³/mol. The zero-order chi connectivity index (χ0) is 12.8. The molecule has 16 heavy (non-hydrogen) atoms. The molecule has 94 valence electrons. The van der Waals surface area contributed by atoms with Crippen molar-refractivity contribution in [1.29, 1.82) is 0 Å². The summed E-state index contributed by atoms with van der Waals surface area (Å²) in [5.74, 6) is -0.216. The summed E-state index contributed by atoms with van der Waals surface area (Å²) in [6.45, 7) is 5.19. The third-order valence-corrected chi connectivity index (χ3v) is 6.99. The van der Waals surface area contributed by atoms with Gasteiger partial charge >= 0.3 is 8.56 Å². The first-order chi connectivity index (χ1) is 7.48. The van der Waals surface area contributed by atoms with Crippen molar-refractivity contribution in [2.45, 2.75) is 45.2 Å². The minimum atomic E-state index is -2.72. The lowest BCUT2D eigenvalue weighted by atomic mass is 10.2. The highest BCUT2D eigenvalue weighted by atomic mass is 28.4. The van der Waals surface area contributed by atoms with Crippen molar-refractivity contribution in [2.75, 3.05) is 14.2 Å². The lowest BCUT2D eigenvalue weighted by molar-refractivity contribution is -0.126. The molecule has 0 rings (SSSR count). The van der Waals surface area contributed by atoms with Crippen molar-refractivity contribution in [1.82, 2.24) is 0 Å². The van der Waals surface area contributed by atoms with Crippen molar-refractivity contribution in [3.05, 3.63) is 0 Å². The van der Waals surface area contributed by atoms with E-state index in [0.717, 1.165) is 6.42 Å². The highest BCUT2D eigenvalue weighted by Gasteiger charge is 2.49. The molecule has 4 nitrogen and oxygen atoms in total. The number of ketones is 2. The minimum absolute atomic E-state index is 0.0729. The maximum atomic E-state index is 11.8. The lowest BCUT2D eigenvalue weighted by Crippen LogP contribution is -2.50. The van der Waals surface area contributed by atoms with Gasteiger partial charge in [-0.15, -0.1) is 0 Å². The molecule has 0 bridgehead atoms. The van der Waals surface area contributed by atoms with E-state index < -0.39 is 14.1 Å². The molecule has 0 aliphatic carbocycles. The Hall–Kier alpha value is -0.523. The third-order valence-electron chi connectivity index (χ3n) is 2.81. The number of carbonyl (C=O) groups excluding carboxylic acids is 2. The van der Waals surface area contributed by atoms with Crippen molar-refractivity contribution in [2.24, 2.45) is 0 Å². The van der Waals surface area contributed by atoms with E-state index in [0.29, 0.717) is 12.5 Å². The van der Waals surface area contributed by atoms with Gasteiger partial charge in [-0.2, -0.15) is 0 Å². The molecule has 0 aromatic heterocycles. The number of carbonyl (C=O) groups is 2. The average Bonchev–Trinajstić information content (AvgIpc) is 2.27. The van der Waals surface area contributed by atoms with Crippen molar-refractivity contribution >= 4 is 20.1 Å². The molecular formula is C11H22O4Si. The molecule has 0 radical (unpaired) electrons. The van der Waals surface area contributed by atoms with Crippen molar-refractivity contribution in [3.63, 3.8) is 0 Å². The standard InChI is InChI=1S/C11H22O4Si/c1-6-8-16(14-4,15-5)11(9(3)12)10(13)7-2/h11H,6-8H2,1-5H3. The summed E-state index contributed by atoms with van der Waals surface area (Å²) in [5.41, 5.74) is -0.688. The molecule has 0 aliphatic rings. The Morgan fingerprint density at radius 2 is 1.69 bits per heavy atom. The molecule has 0 aliphatic heterocycles. The molecular weight excluding hydrogens is 224 g/mol. The Bertz CT molecular complexity index is 248. The summed E-state index contributed by atoms with van der Waals surface area (Å²) >= 11 is 0. The number of hydrogen-bond donors (Lipinski definition) is 0. The van der Waals surface area contributed by atoms with Gasteiger partial charge in [0.05, 0.1) is 0 Å². The molecule has 0 N–H and O–H groups in total. The van der Waals surface area contributed by atoms with E-state index in [4.69, 9.17) is 8.85 Å². The molecule has 0 heterocycles. The fourth-order valence-corrected chi connectivity index (χ4v) is 5.35. The number of Topliss-reactive ketones (excluding diaryl/α,β-unsaturated/α-hetero) is 2. The quantitative estimate of drug-likeness (QED) is 0.486. The molecule has 0 amide bonds. The zero-order valence-electron chi connectivity index (χ0n) is 10.8. The highest BCUT2D eigenvalue weighted by molar-refractivity contribution is 6.76. The van der Waals surface area contributed by atoms with E-state index in [9.17, 15) is 9.59 Å². The van der Waals surface area contributed by atoms with Crippen LogP contribution in [0.4, 0.5) is 0 Å². The Morgan fingerprint density at radius 3 is 1.94 bits per heavy atom. The topological polar surface area (TPSA) is 52.6 Å². The van der Waals surface area contributed by atoms with Gasteiger partial charge in [0.25, 0.3) is 0 Å². The number of hydrogen-bond acceptors (Lipinski definition) is 4. The van der Waals surface area contributed by atoms with Crippen molar-refractivity contribution in [3.8, 4) is 0 Å². The van der Waals surface area contributed by atoms with Gasteiger partial charge in [-0.3, -0.25) is 9.59 Å². The van der Waals surface area contributed by atoms with Gasteiger partial charge in [0.2, 0.25) is 0 Å². The average molecular weight is 246 g/mol. The summed E-state index contributed by atoms with van der Waals surface area (Å²) in [4.78, 5) is 23.5. The zero-order valence-corrected chi connectivity index (χ0v) is 11.8. The third kappa shape index (κ3) is 3.23. The first-order valence-corrected chi connectivity index (χ1v) is 7.72.